The first kappa shape index (κ1) is 19.0. The zero-order valence-corrected chi connectivity index (χ0v) is 14.9. The van der Waals surface area contributed by atoms with Gasteiger partial charge >= 0.3 is 6.18 Å². The van der Waals surface area contributed by atoms with Crippen molar-refractivity contribution < 1.29 is 22.4 Å². The molecule has 0 radical (unpaired) electrons. The molecule has 0 spiro atoms. The number of halogens is 3. The SMILES string of the molecule is CC(Sc1nnc(-c2ccco2)n1-c1ccccc1)C(=O)NCC(F)(F)F. The number of carbonyl (C=O) groups excluding carboxylic acids is 1. The van der Waals surface area contributed by atoms with Crippen LogP contribution in [0.5, 0.6) is 0 Å². The van der Waals surface area contributed by atoms with Crippen molar-refractivity contribution in [3.8, 4) is 17.3 Å². The minimum absolute atomic E-state index is 0.363. The van der Waals surface area contributed by atoms with E-state index < -0.39 is 23.9 Å². The highest BCUT2D eigenvalue weighted by Gasteiger charge is 2.29. The number of benzene rings is 1. The number of para-hydroxylation sites is 1. The summed E-state index contributed by atoms with van der Waals surface area (Å²) >= 11 is 1.01. The highest BCUT2D eigenvalue weighted by Crippen LogP contribution is 2.30. The van der Waals surface area contributed by atoms with Crippen molar-refractivity contribution in [1.82, 2.24) is 20.1 Å². The third-order valence-electron chi connectivity index (χ3n) is 3.50. The highest BCUT2D eigenvalue weighted by molar-refractivity contribution is 8.00. The summed E-state index contributed by atoms with van der Waals surface area (Å²) in [4.78, 5) is 12.0. The summed E-state index contributed by atoms with van der Waals surface area (Å²) in [5.41, 5.74) is 0.735. The Morgan fingerprint density at radius 3 is 2.59 bits per heavy atom. The van der Waals surface area contributed by atoms with Crippen LogP contribution in [0.3, 0.4) is 0 Å². The number of furan rings is 1. The van der Waals surface area contributed by atoms with Gasteiger partial charge < -0.3 is 9.73 Å². The molecule has 0 bridgehead atoms. The second-order valence-corrected chi connectivity index (χ2v) is 6.86. The Bertz CT molecular complexity index is 895. The van der Waals surface area contributed by atoms with Crippen LogP contribution < -0.4 is 5.32 Å². The molecule has 0 aliphatic rings. The fourth-order valence-electron chi connectivity index (χ4n) is 2.26. The number of thioether (sulfide) groups is 1. The first-order valence-electron chi connectivity index (χ1n) is 7.91. The molecule has 2 heterocycles. The van der Waals surface area contributed by atoms with Gasteiger partial charge in [-0.1, -0.05) is 30.0 Å². The summed E-state index contributed by atoms with van der Waals surface area (Å²) in [5.74, 6) is 0.170. The third-order valence-corrected chi connectivity index (χ3v) is 4.55. The second-order valence-electron chi connectivity index (χ2n) is 5.55. The van der Waals surface area contributed by atoms with E-state index in [-0.39, 0.29) is 0 Å². The molecular formula is C17H15F3N4O2S. The number of nitrogens with zero attached hydrogens (tertiary/aromatic N) is 3. The number of carbonyl (C=O) groups is 1. The van der Waals surface area contributed by atoms with Crippen molar-refractivity contribution in [2.45, 2.75) is 23.5 Å². The van der Waals surface area contributed by atoms with Crippen LogP contribution in [0.2, 0.25) is 0 Å². The lowest BCUT2D eigenvalue weighted by Crippen LogP contribution is -2.38. The molecule has 3 aromatic rings. The number of nitrogens with one attached hydrogen (secondary N) is 1. The number of hydrogen-bond donors (Lipinski definition) is 1. The van der Waals surface area contributed by atoms with Crippen molar-refractivity contribution in [2.24, 2.45) is 0 Å². The maximum Gasteiger partial charge on any atom is 0.405 e. The van der Waals surface area contributed by atoms with Crippen molar-refractivity contribution in [2.75, 3.05) is 6.54 Å². The topological polar surface area (TPSA) is 73.0 Å². The summed E-state index contributed by atoms with van der Waals surface area (Å²) in [6, 6.07) is 12.6. The van der Waals surface area contributed by atoms with Crippen LogP contribution >= 0.6 is 11.8 Å². The number of hydrogen-bond acceptors (Lipinski definition) is 5. The van der Waals surface area contributed by atoms with Crippen LogP contribution in [0.25, 0.3) is 17.3 Å². The largest absolute Gasteiger partial charge is 0.461 e. The maximum atomic E-state index is 12.3. The Morgan fingerprint density at radius 1 is 1.22 bits per heavy atom. The zero-order chi connectivity index (χ0) is 19.4. The third kappa shape index (κ3) is 4.70. The van der Waals surface area contributed by atoms with Crippen LogP contribution in [0.1, 0.15) is 6.92 Å². The van der Waals surface area contributed by atoms with E-state index in [1.165, 1.54) is 13.2 Å². The molecule has 142 valence electrons. The molecule has 1 aromatic carbocycles. The molecule has 0 aliphatic carbocycles. The lowest BCUT2D eigenvalue weighted by molar-refractivity contribution is -0.137. The molecule has 3 rings (SSSR count). The standard InChI is InChI=1S/C17H15F3N4O2S/c1-11(15(25)21-10-17(18,19)20)27-16-23-22-14(13-8-5-9-26-13)24(16)12-6-3-2-4-7-12/h2-9,11H,10H2,1H3,(H,21,25). The summed E-state index contributed by atoms with van der Waals surface area (Å²) < 4.78 is 44.0. The van der Waals surface area contributed by atoms with Gasteiger partial charge in [0.05, 0.1) is 11.5 Å². The van der Waals surface area contributed by atoms with E-state index in [2.05, 4.69) is 10.2 Å². The van der Waals surface area contributed by atoms with Crippen LogP contribution in [-0.2, 0) is 4.79 Å². The van der Waals surface area contributed by atoms with Crippen LogP contribution in [-0.4, -0.2) is 38.6 Å². The van der Waals surface area contributed by atoms with Gasteiger partial charge in [0.25, 0.3) is 0 Å². The Morgan fingerprint density at radius 2 is 1.96 bits per heavy atom. The second kappa shape index (κ2) is 7.87. The number of rotatable bonds is 6. The van der Waals surface area contributed by atoms with Gasteiger partial charge in [-0.05, 0) is 31.2 Å². The minimum Gasteiger partial charge on any atom is -0.461 e. The predicted molar refractivity (Wildman–Crippen MR) is 93.4 cm³/mol. The smallest absolute Gasteiger partial charge is 0.405 e. The van der Waals surface area contributed by atoms with Crippen LogP contribution in [0.4, 0.5) is 13.2 Å². The van der Waals surface area contributed by atoms with Crippen molar-refractivity contribution in [3.05, 3.63) is 48.7 Å². The monoisotopic (exact) mass is 396 g/mol. The summed E-state index contributed by atoms with van der Waals surface area (Å²) in [6.07, 6.45) is -2.96. The summed E-state index contributed by atoms with van der Waals surface area (Å²) in [6.45, 7) is 0.132. The molecule has 0 fully saturated rings. The quantitative estimate of drug-likeness (QED) is 0.644. The molecule has 1 N–H and O–H groups in total. The van der Waals surface area contributed by atoms with E-state index in [4.69, 9.17) is 4.42 Å². The molecule has 27 heavy (non-hydrogen) atoms. The van der Waals surface area contributed by atoms with Gasteiger partial charge in [0.15, 0.2) is 10.9 Å². The van der Waals surface area contributed by atoms with E-state index in [0.717, 1.165) is 17.4 Å². The number of alkyl halides is 3. The first-order chi connectivity index (χ1) is 12.8. The Hall–Kier alpha value is -2.75. The average molecular weight is 396 g/mol. The predicted octanol–water partition coefficient (Wildman–Crippen LogP) is 3.69. The molecule has 1 unspecified atom stereocenters. The summed E-state index contributed by atoms with van der Waals surface area (Å²) in [5, 5.41) is 9.65. The Kier molecular flexibility index (Phi) is 5.54. The molecule has 6 nitrogen and oxygen atoms in total. The van der Waals surface area contributed by atoms with Gasteiger partial charge in [-0.25, -0.2) is 0 Å². The molecule has 1 amide bonds. The Labute approximate surface area is 156 Å². The van der Waals surface area contributed by atoms with Gasteiger partial charge in [0.1, 0.15) is 6.54 Å². The van der Waals surface area contributed by atoms with Gasteiger partial charge in [-0.3, -0.25) is 9.36 Å². The fourth-order valence-corrected chi connectivity index (χ4v) is 3.16. The number of amides is 1. The average Bonchev–Trinajstić information content (AvgIpc) is 3.29. The van der Waals surface area contributed by atoms with Gasteiger partial charge in [0.2, 0.25) is 11.7 Å². The molecule has 0 saturated heterocycles. The van der Waals surface area contributed by atoms with E-state index in [1.807, 2.05) is 35.6 Å². The lowest BCUT2D eigenvalue weighted by Gasteiger charge is -2.14. The first-order valence-corrected chi connectivity index (χ1v) is 8.79. The molecule has 2 aromatic heterocycles. The lowest BCUT2D eigenvalue weighted by atomic mass is 10.3. The fraction of sp³-hybridized carbons (Fsp3) is 0.235. The van der Waals surface area contributed by atoms with Crippen molar-refractivity contribution in [3.63, 3.8) is 0 Å². The molecule has 0 aliphatic heterocycles. The van der Waals surface area contributed by atoms with Gasteiger partial charge in [0, 0.05) is 5.69 Å². The van der Waals surface area contributed by atoms with Gasteiger partial charge in [-0.2, -0.15) is 13.2 Å². The van der Waals surface area contributed by atoms with E-state index in [0.29, 0.717) is 16.7 Å². The summed E-state index contributed by atoms with van der Waals surface area (Å²) in [7, 11) is 0. The molecule has 10 heteroatoms. The molecular weight excluding hydrogens is 381 g/mol. The zero-order valence-electron chi connectivity index (χ0n) is 14.1. The number of aromatic nitrogens is 3. The van der Waals surface area contributed by atoms with E-state index in [1.54, 1.807) is 16.7 Å². The minimum atomic E-state index is -4.46. The van der Waals surface area contributed by atoms with Crippen molar-refractivity contribution >= 4 is 17.7 Å². The normalized spacial score (nSPS) is 12.7. The maximum absolute atomic E-state index is 12.3. The highest BCUT2D eigenvalue weighted by atomic mass is 32.2. The van der Waals surface area contributed by atoms with Crippen LogP contribution in [0.15, 0.2) is 58.3 Å². The van der Waals surface area contributed by atoms with E-state index >= 15 is 0 Å². The van der Waals surface area contributed by atoms with Crippen molar-refractivity contribution in [1.29, 1.82) is 0 Å². The van der Waals surface area contributed by atoms with Gasteiger partial charge in [-0.15, -0.1) is 10.2 Å². The molecule has 1 atom stereocenters. The molecule has 0 saturated carbocycles. The van der Waals surface area contributed by atoms with Crippen LogP contribution in [0, 0.1) is 0 Å². The Balaban J connectivity index is 1.86. The van der Waals surface area contributed by atoms with E-state index in [9.17, 15) is 18.0 Å².